The minimum Gasteiger partial charge on any atom is -0.370 e. The van der Waals surface area contributed by atoms with E-state index in [-0.39, 0.29) is 36.1 Å². The van der Waals surface area contributed by atoms with Gasteiger partial charge in [-0.15, -0.1) is 0 Å². The molecule has 0 unspecified atom stereocenters. The number of nitrogens with one attached hydrogen (secondary N) is 2. The third kappa shape index (κ3) is 8.10. The number of benzene rings is 3. The Bertz CT molecular complexity index is 1360. The zero-order chi connectivity index (χ0) is 26.8. The van der Waals surface area contributed by atoms with Crippen LogP contribution >= 0.6 is 0 Å². The average molecular weight is 526 g/mol. The SMILES string of the molecule is C[NH2+]C(=O)[C@H](Cc1ccccc1)NC(=O)[C@H](CCCN=C(N)N)NS(=O)(=O)c1ccc2ccccc2c1. The first-order valence-corrected chi connectivity index (χ1v) is 13.4. The first-order chi connectivity index (χ1) is 17.7. The second-order valence-electron chi connectivity index (χ2n) is 8.57. The summed E-state index contributed by atoms with van der Waals surface area (Å²) in [5.41, 5.74) is 11.6. The predicted octanol–water partition coefficient (Wildman–Crippen LogP) is -0.0124. The Morgan fingerprint density at radius 3 is 2.30 bits per heavy atom. The van der Waals surface area contributed by atoms with Gasteiger partial charge in [0.1, 0.15) is 12.1 Å². The average Bonchev–Trinajstić information content (AvgIpc) is 2.89. The summed E-state index contributed by atoms with van der Waals surface area (Å²) < 4.78 is 29.0. The second-order valence-corrected chi connectivity index (χ2v) is 10.3. The van der Waals surface area contributed by atoms with E-state index in [9.17, 15) is 18.0 Å². The molecule has 2 amide bonds. The van der Waals surface area contributed by atoms with Gasteiger partial charge in [-0.1, -0.05) is 60.7 Å². The maximum atomic E-state index is 13.3. The minimum atomic E-state index is -4.06. The fourth-order valence-corrected chi connectivity index (χ4v) is 5.15. The molecule has 0 saturated carbocycles. The van der Waals surface area contributed by atoms with E-state index in [0.29, 0.717) is 6.42 Å². The van der Waals surface area contributed by atoms with Crippen molar-refractivity contribution in [1.82, 2.24) is 10.0 Å². The zero-order valence-electron chi connectivity index (χ0n) is 20.6. The molecule has 0 spiro atoms. The van der Waals surface area contributed by atoms with Gasteiger partial charge in [0.05, 0.1) is 11.9 Å². The molecule has 2 atom stereocenters. The number of nitrogens with zero attached hydrogens (tertiary/aromatic N) is 1. The summed E-state index contributed by atoms with van der Waals surface area (Å²) in [6.45, 7) is 0.221. The summed E-state index contributed by atoms with van der Waals surface area (Å²) >= 11 is 0. The molecule has 0 heterocycles. The van der Waals surface area contributed by atoms with Crippen LogP contribution in [0, 0.1) is 0 Å². The number of guanidine groups is 1. The predicted molar refractivity (Wildman–Crippen MR) is 143 cm³/mol. The van der Waals surface area contributed by atoms with Crippen LogP contribution in [0.5, 0.6) is 0 Å². The highest BCUT2D eigenvalue weighted by molar-refractivity contribution is 7.89. The topological polar surface area (TPSA) is 173 Å². The van der Waals surface area contributed by atoms with Gasteiger partial charge in [0.15, 0.2) is 5.96 Å². The molecule has 0 saturated heterocycles. The number of fused-ring (bicyclic) bond motifs is 1. The van der Waals surface area contributed by atoms with Gasteiger partial charge in [0, 0.05) is 13.0 Å². The van der Waals surface area contributed by atoms with Gasteiger partial charge in [-0.3, -0.25) is 15.1 Å². The molecule has 11 heteroatoms. The molecule has 3 rings (SSSR count). The van der Waals surface area contributed by atoms with Crippen molar-refractivity contribution in [3.8, 4) is 0 Å². The number of hydrogen-bond acceptors (Lipinski definition) is 5. The number of nitrogens with two attached hydrogens (primary N) is 3. The number of sulfonamides is 1. The van der Waals surface area contributed by atoms with Gasteiger partial charge in [0.2, 0.25) is 15.9 Å². The fraction of sp³-hybridized carbons (Fsp3) is 0.269. The maximum Gasteiger partial charge on any atom is 0.333 e. The van der Waals surface area contributed by atoms with Crippen LogP contribution < -0.4 is 26.8 Å². The van der Waals surface area contributed by atoms with Crippen LogP contribution in [0.2, 0.25) is 0 Å². The molecule has 0 bridgehead atoms. The van der Waals surface area contributed by atoms with Crippen molar-refractivity contribution in [3.05, 3.63) is 78.4 Å². The molecule has 10 nitrogen and oxygen atoms in total. The number of primary amides is 1. The molecule has 196 valence electrons. The van der Waals surface area contributed by atoms with Crippen LogP contribution in [0.3, 0.4) is 0 Å². The summed E-state index contributed by atoms with van der Waals surface area (Å²) in [4.78, 5) is 29.9. The van der Waals surface area contributed by atoms with Crippen molar-refractivity contribution in [2.24, 2.45) is 16.5 Å². The van der Waals surface area contributed by atoms with Crippen LogP contribution in [0.25, 0.3) is 10.8 Å². The molecular weight excluding hydrogens is 492 g/mol. The highest BCUT2D eigenvalue weighted by atomic mass is 32.2. The van der Waals surface area contributed by atoms with Crippen molar-refractivity contribution < 1.29 is 23.3 Å². The van der Waals surface area contributed by atoms with Gasteiger partial charge in [-0.2, -0.15) is 4.72 Å². The van der Waals surface area contributed by atoms with E-state index in [1.165, 1.54) is 11.4 Å². The Kier molecular flexibility index (Phi) is 9.72. The number of carbonyl (C=O) groups excluding carboxylic acids is 2. The molecular formula is C26H33N6O4S+. The molecule has 3 aromatic rings. The third-order valence-corrected chi connectivity index (χ3v) is 7.29. The summed E-state index contributed by atoms with van der Waals surface area (Å²) in [6, 6.07) is 19.4. The lowest BCUT2D eigenvalue weighted by Gasteiger charge is -2.22. The number of rotatable bonds is 12. The molecule has 0 aliphatic heterocycles. The van der Waals surface area contributed by atoms with Crippen LogP contribution in [-0.4, -0.2) is 51.9 Å². The third-order valence-electron chi connectivity index (χ3n) is 5.82. The number of likely N-dealkylation sites (N-methyl/N-ethyl adjacent to an activating group) is 1. The highest BCUT2D eigenvalue weighted by Crippen LogP contribution is 2.19. The molecule has 8 N–H and O–H groups in total. The number of amides is 2. The number of quaternary nitrogens is 1. The Balaban J connectivity index is 1.83. The quantitative estimate of drug-likeness (QED) is 0.126. The fourth-order valence-electron chi connectivity index (χ4n) is 3.88. The first-order valence-electron chi connectivity index (χ1n) is 11.9. The molecule has 3 aromatic carbocycles. The molecule has 37 heavy (non-hydrogen) atoms. The largest absolute Gasteiger partial charge is 0.370 e. The van der Waals surface area contributed by atoms with Gasteiger partial charge >= 0.3 is 5.91 Å². The Hall–Kier alpha value is -3.80. The monoisotopic (exact) mass is 525 g/mol. The Morgan fingerprint density at radius 1 is 0.946 bits per heavy atom. The van der Waals surface area contributed by atoms with Crippen LogP contribution in [-0.2, 0) is 26.0 Å². The van der Waals surface area contributed by atoms with Gasteiger partial charge in [-0.05, 0) is 41.3 Å². The van der Waals surface area contributed by atoms with E-state index >= 15 is 0 Å². The molecule has 0 fully saturated rings. The minimum absolute atomic E-state index is 0.0343. The van der Waals surface area contributed by atoms with Crippen molar-refractivity contribution >= 4 is 38.6 Å². The van der Waals surface area contributed by atoms with Crippen LogP contribution in [0.4, 0.5) is 0 Å². The number of hydrogen-bond donors (Lipinski definition) is 5. The maximum absolute atomic E-state index is 13.3. The van der Waals surface area contributed by atoms with Crippen LogP contribution in [0.15, 0.2) is 82.7 Å². The van der Waals surface area contributed by atoms with Crippen molar-refractivity contribution in [3.63, 3.8) is 0 Å². The van der Waals surface area contributed by atoms with Gasteiger partial charge in [-0.25, -0.2) is 13.2 Å². The molecule has 0 aliphatic rings. The lowest BCUT2D eigenvalue weighted by Crippen LogP contribution is -2.88. The standard InChI is InChI=1S/C26H32N6O4S/c1-29-24(33)23(16-18-8-3-2-4-9-18)31-25(34)22(12-7-15-30-26(27)28)32-37(35,36)21-14-13-19-10-5-6-11-20(19)17-21/h2-6,8-11,13-14,17,22-23,32H,7,12,15-16H2,1H3,(H,29,33)(H,31,34)(H4,27,28,30)/p+1/t22-,23-/m0/s1. The summed E-state index contributed by atoms with van der Waals surface area (Å²) in [6.07, 6.45) is 0.735. The van der Waals surface area contributed by atoms with Crippen molar-refractivity contribution in [2.45, 2.75) is 36.2 Å². The van der Waals surface area contributed by atoms with Gasteiger partial charge in [0.25, 0.3) is 0 Å². The lowest BCUT2D eigenvalue weighted by molar-refractivity contribution is -0.540. The Labute approximate surface area is 216 Å². The summed E-state index contributed by atoms with van der Waals surface area (Å²) in [5.74, 6) is -0.969. The summed E-state index contributed by atoms with van der Waals surface area (Å²) in [5, 5.41) is 5.78. The van der Waals surface area contributed by atoms with E-state index in [2.05, 4.69) is 15.0 Å². The zero-order valence-corrected chi connectivity index (χ0v) is 21.4. The molecule has 0 radical (unpaired) electrons. The second kappa shape index (κ2) is 12.9. The van der Waals surface area contributed by atoms with E-state index in [1.54, 1.807) is 19.2 Å². The van der Waals surface area contributed by atoms with E-state index in [4.69, 9.17) is 11.5 Å². The Morgan fingerprint density at radius 2 is 1.62 bits per heavy atom. The highest BCUT2D eigenvalue weighted by Gasteiger charge is 2.30. The molecule has 0 aromatic heterocycles. The molecule has 0 aliphatic carbocycles. The number of aliphatic imine (C=N–C) groups is 1. The first kappa shape index (κ1) is 27.8. The van der Waals surface area contributed by atoms with Crippen molar-refractivity contribution in [1.29, 1.82) is 0 Å². The number of carbonyl (C=O) groups is 2. The van der Waals surface area contributed by atoms with Crippen molar-refractivity contribution in [2.75, 3.05) is 13.6 Å². The lowest BCUT2D eigenvalue weighted by atomic mass is 10.0. The van der Waals surface area contributed by atoms with E-state index < -0.39 is 28.0 Å². The normalized spacial score (nSPS) is 13.0. The van der Waals surface area contributed by atoms with E-state index in [0.717, 1.165) is 16.3 Å². The smallest absolute Gasteiger partial charge is 0.333 e. The van der Waals surface area contributed by atoms with E-state index in [1.807, 2.05) is 54.6 Å². The summed E-state index contributed by atoms with van der Waals surface area (Å²) in [7, 11) is -2.46. The van der Waals surface area contributed by atoms with Gasteiger partial charge < -0.3 is 16.8 Å². The van der Waals surface area contributed by atoms with Crippen LogP contribution in [0.1, 0.15) is 18.4 Å².